The van der Waals surface area contributed by atoms with Crippen molar-refractivity contribution in [2.45, 2.75) is 45.2 Å². The fourth-order valence-electron chi connectivity index (χ4n) is 4.93. The maximum Gasteiger partial charge on any atom is 0.325 e. The first-order chi connectivity index (χ1) is 14.4. The first-order valence-electron chi connectivity index (χ1n) is 10.8. The number of benzene rings is 1. The Kier molecular flexibility index (Phi) is 5.60. The summed E-state index contributed by atoms with van der Waals surface area (Å²) >= 11 is 0. The molecule has 1 atom stereocenters. The molecule has 0 aliphatic carbocycles. The van der Waals surface area contributed by atoms with E-state index in [1.807, 2.05) is 26.1 Å². The maximum absolute atomic E-state index is 13.2. The van der Waals surface area contributed by atoms with Gasteiger partial charge in [0.15, 0.2) is 0 Å². The van der Waals surface area contributed by atoms with Crippen LogP contribution in [0.4, 0.5) is 4.79 Å². The molecule has 1 N–H and O–H groups in total. The number of nitrogens with zero attached hydrogens (tertiary/aromatic N) is 3. The van der Waals surface area contributed by atoms with Gasteiger partial charge in [-0.25, -0.2) is 4.79 Å². The molecule has 2 aromatic rings. The molecule has 0 saturated carbocycles. The molecule has 2 saturated heterocycles. The van der Waals surface area contributed by atoms with Gasteiger partial charge in [-0.3, -0.25) is 19.6 Å². The Bertz CT molecular complexity index is 980. The molecule has 30 heavy (non-hydrogen) atoms. The third-order valence-corrected chi connectivity index (χ3v) is 6.55. The molecule has 0 unspecified atom stereocenters. The van der Waals surface area contributed by atoms with E-state index >= 15 is 0 Å². The van der Waals surface area contributed by atoms with Crippen LogP contribution in [0.2, 0.25) is 0 Å². The number of likely N-dealkylation sites (tertiary alicyclic amines) is 1. The van der Waals surface area contributed by atoms with Gasteiger partial charge in [-0.05, 0) is 69.0 Å². The van der Waals surface area contributed by atoms with Crippen LogP contribution in [0.3, 0.4) is 0 Å². The largest absolute Gasteiger partial charge is 0.325 e. The first kappa shape index (κ1) is 20.5. The summed E-state index contributed by atoms with van der Waals surface area (Å²) in [7, 11) is 0. The summed E-state index contributed by atoms with van der Waals surface area (Å²) < 4.78 is 0. The second-order valence-corrected chi connectivity index (χ2v) is 8.68. The summed E-state index contributed by atoms with van der Waals surface area (Å²) in [5.41, 5.74) is 2.33. The van der Waals surface area contributed by atoms with E-state index in [1.165, 1.54) is 10.5 Å². The van der Waals surface area contributed by atoms with Gasteiger partial charge in [0.05, 0.1) is 12.1 Å². The monoisotopic (exact) mass is 406 g/mol. The molecule has 2 aliphatic heterocycles. The number of hydrogen-bond acceptors (Lipinski definition) is 4. The van der Waals surface area contributed by atoms with Crippen LogP contribution in [0.25, 0.3) is 10.9 Å². The highest BCUT2D eigenvalue weighted by atomic mass is 16.2. The Morgan fingerprint density at radius 1 is 1.27 bits per heavy atom. The van der Waals surface area contributed by atoms with E-state index in [0.717, 1.165) is 49.0 Å². The third kappa shape index (κ3) is 3.72. The highest BCUT2D eigenvalue weighted by Crippen LogP contribution is 2.36. The van der Waals surface area contributed by atoms with Gasteiger partial charge in [-0.15, -0.1) is 0 Å². The normalized spacial score (nSPS) is 23.2. The molecule has 1 aromatic heterocycles. The van der Waals surface area contributed by atoms with Crippen molar-refractivity contribution >= 4 is 22.8 Å². The van der Waals surface area contributed by atoms with E-state index in [4.69, 9.17) is 0 Å². The molecule has 6 heteroatoms. The van der Waals surface area contributed by atoms with E-state index < -0.39 is 5.54 Å². The number of rotatable bonds is 6. The molecular weight excluding hydrogens is 376 g/mol. The molecule has 0 radical (unpaired) electrons. The van der Waals surface area contributed by atoms with Gasteiger partial charge >= 0.3 is 6.03 Å². The second kappa shape index (κ2) is 8.19. The Morgan fingerprint density at radius 2 is 2.03 bits per heavy atom. The number of aromatic nitrogens is 1. The van der Waals surface area contributed by atoms with E-state index in [-0.39, 0.29) is 17.9 Å². The fourth-order valence-corrected chi connectivity index (χ4v) is 4.93. The van der Waals surface area contributed by atoms with E-state index in [9.17, 15) is 9.59 Å². The zero-order chi connectivity index (χ0) is 21.3. The smallest absolute Gasteiger partial charge is 0.323 e. The number of urea groups is 1. The highest BCUT2D eigenvalue weighted by molar-refractivity contribution is 6.07. The zero-order valence-corrected chi connectivity index (χ0v) is 17.9. The number of pyridine rings is 1. The van der Waals surface area contributed by atoms with E-state index in [0.29, 0.717) is 13.0 Å². The molecular formula is C24H30N4O2. The van der Waals surface area contributed by atoms with Crippen molar-refractivity contribution in [1.82, 2.24) is 20.1 Å². The predicted molar refractivity (Wildman–Crippen MR) is 118 cm³/mol. The fraction of sp³-hybridized carbons (Fsp3) is 0.458. The molecule has 3 amide bonds. The van der Waals surface area contributed by atoms with Crippen LogP contribution in [0.15, 0.2) is 48.7 Å². The molecule has 0 spiro atoms. The lowest BCUT2D eigenvalue weighted by atomic mass is 9.75. The standard InChI is InChI=1S/C24H30N4O2/c1-4-24(22(29)28(15-17(2)3)23(30)26-24)20-9-12-27(13-10-20)16-18-7-8-21-19(14-18)6-5-11-25-21/h5-8,11,14,20H,2,4,9-10,12-13,15-16H2,1,3H3,(H,26,30)/t24-/m0/s1. The number of piperidine rings is 1. The van der Waals surface area contributed by atoms with Gasteiger partial charge in [0.25, 0.3) is 5.91 Å². The lowest BCUT2D eigenvalue weighted by Gasteiger charge is -2.40. The van der Waals surface area contributed by atoms with Crippen molar-refractivity contribution in [3.05, 3.63) is 54.2 Å². The third-order valence-electron chi connectivity index (χ3n) is 6.55. The molecule has 0 bridgehead atoms. The van der Waals surface area contributed by atoms with Gasteiger partial charge < -0.3 is 5.32 Å². The van der Waals surface area contributed by atoms with Crippen LogP contribution in [0, 0.1) is 5.92 Å². The Balaban J connectivity index is 1.42. The number of fused-ring (bicyclic) bond motifs is 1. The lowest BCUT2D eigenvalue weighted by Crippen LogP contribution is -2.55. The zero-order valence-electron chi connectivity index (χ0n) is 17.9. The number of amides is 3. The average Bonchev–Trinajstić information content (AvgIpc) is 2.99. The number of imide groups is 1. The highest BCUT2D eigenvalue weighted by Gasteiger charge is 2.54. The summed E-state index contributed by atoms with van der Waals surface area (Å²) in [5, 5.41) is 4.21. The first-order valence-corrected chi connectivity index (χ1v) is 10.8. The van der Waals surface area contributed by atoms with E-state index in [1.54, 1.807) is 0 Å². The minimum atomic E-state index is -0.771. The number of nitrogens with one attached hydrogen (secondary N) is 1. The average molecular weight is 407 g/mol. The van der Waals surface area contributed by atoms with Gasteiger partial charge in [0.2, 0.25) is 0 Å². The number of carbonyl (C=O) groups is 2. The molecule has 6 nitrogen and oxygen atoms in total. The molecule has 1 aromatic carbocycles. The molecule has 4 rings (SSSR count). The molecule has 2 aliphatic rings. The predicted octanol–water partition coefficient (Wildman–Crippen LogP) is 3.72. The van der Waals surface area contributed by atoms with Crippen LogP contribution in [-0.2, 0) is 11.3 Å². The summed E-state index contributed by atoms with van der Waals surface area (Å²) in [6.07, 6.45) is 4.23. The lowest BCUT2D eigenvalue weighted by molar-refractivity contribution is -0.134. The van der Waals surface area contributed by atoms with Crippen molar-refractivity contribution in [1.29, 1.82) is 0 Å². The van der Waals surface area contributed by atoms with Crippen LogP contribution in [-0.4, -0.2) is 51.9 Å². The van der Waals surface area contributed by atoms with Crippen LogP contribution < -0.4 is 5.32 Å². The molecule has 2 fully saturated rings. The summed E-state index contributed by atoms with van der Waals surface area (Å²) in [4.78, 5) is 33.8. The van der Waals surface area contributed by atoms with Crippen LogP contribution in [0.5, 0.6) is 0 Å². The minimum absolute atomic E-state index is 0.0847. The van der Waals surface area contributed by atoms with Gasteiger partial charge in [0.1, 0.15) is 5.54 Å². The minimum Gasteiger partial charge on any atom is -0.323 e. The van der Waals surface area contributed by atoms with Gasteiger partial charge in [-0.2, -0.15) is 0 Å². The quantitative estimate of drug-likeness (QED) is 0.587. The van der Waals surface area contributed by atoms with Crippen LogP contribution in [0.1, 0.15) is 38.7 Å². The number of carbonyl (C=O) groups excluding carboxylic acids is 2. The van der Waals surface area contributed by atoms with Crippen molar-refractivity contribution in [3.8, 4) is 0 Å². The second-order valence-electron chi connectivity index (χ2n) is 8.68. The van der Waals surface area contributed by atoms with Crippen molar-refractivity contribution in [2.24, 2.45) is 5.92 Å². The Hall–Kier alpha value is -2.73. The Labute approximate surface area is 177 Å². The van der Waals surface area contributed by atoms with Crippen molar-refractivity contribution < 1.29 is 9.59 Å². The number of hydrogen-bond donors (Lipinski definition) is 1. The summed E-state index contributed by atoms with van der Waals surface area (Å²) in [5.74, 6) is 0.0737. The molecule has 3 heterocycles. The van der Waals surface area contributed by atoms with Crippen molar-refractivity contribution in [3.63, 3.8) is 0 Å². The van der Waals surface area contributed by atoms with Crippen molar-refractivity contribution in [2.75, 3.05) is 19.6 Å². The van der Waals surface area contributed by atoms with Gasteiger partial charge in [-0.1, -0.05) is 31.2 Å². The topological polar surface area (TPSA) is 65.5 Å². The molecule has 158 valence electrons. The summed E-state index contributed by atoms with van der Waals surface area (Å²) in [6, 6.07) is 10.2. The van der Waals surface area contributed by atoms with E-state index in [2.05, 4.69) is 46.0 Å². The maximum atomic E-state index is 13.2. The SMILES string of the molecule is C=C(C)CN1C(=O)N[C@@](CC)(C2CCN(Cc3ccc4ncccc4c3)CC2)C1=O. The van der Waals surface area contributed by atoms with Crippen LogP contribution >= 0.6 is 0 Å². The summed E-state index contributed by atoms with van der Waals surface area (Å²) in [6.45, 7) is 10.7. The Morgan fingerprint density at radius 3 is 2.73 bits per heavy atom. The van der Waals surface area contributed by atoms with Gasteiger partial charge in [0, 0.05) is 18.1 Å².